The summed E-state index contributed by atoms with van der Waals surface area (Å²) >= 11 is -0.799. The van der Waals surface area contributed by atoms with Crippen LogP contribution in [0.1, 0.15) is 17.8 Å². The van der Waals surface area contributed by atoms with Crippen molar-refractivity contribution >= 4 is 42.7 Å². The second-order valence-corrected chi connectivity index (χ2v) is 12.8. The van der Waals surface area contributed by atoms with Gasteiger partial charge >= 0.3 is 10.3 Å². The van der Waals surface area contributed by atoms with Crippen LogP contribution in [0.25, 0.3) is 10.3 Å². The maximum absolute atomic E-state index is 15.7. The van der Waals surface area contributed by atoms with Gasteiger partial charge in [0.25, 0.3) is 5.56 Å². The summed E-state index contributed by atoms with van der Waals surface area (Å²) in [5, 5.41) is 0. The number of alkyl halides is 2. The van der Waals surface area contributed by atoms with Crippen LogP contribution in [0.15, 0.2) is 62.6 Å². The third-order valence-electron chi connectivity index (χ3n) is 5.68. The number of methoxy groups -OCH3 is 2. The summed E-state index contributed by atoms with van der Waals surface area (Å²) in [7, 11) is -1.19. The smallest absolute Gasteiger partial charge is 0.306 e. The van der Waals surface area contributed by atoms with Gasteiger partial charge in [-0.2, -0.15) is 13.8 Å². The minimum atomic E-state index is -4.03. The van der Waals surface area contributed by atoms with E-state index >= 15 is 8.78 Å². The molecule has 0 fully saturated rings. The van der Waals surface area contributed by atoms with Crippen LogP contribution in [0.4, 0.5) is 8.78 Å². The predicted molar refractivity (Wildman–Crippen MR) is 140 cm³/mol. The van der Waals surface area contributed by atoms with Crippen molar-refractivity contribution < 1.29 is 31.2 Å². The van der Waals surface area contributed by atoms with E-state index in [2.05, 4.69) is 9.97 Å². The fraction of sp³-hybridized carbons (Fsp3) is 0.292. The fourth-order valence-corrected chi connectivity index (χ4v) is 6.63. The lowest BCUT2D eigenvalue weighted by Crippen LogP contribution is -2.33. The van der Waals surface area contributed by atoms with E-state index in [0.29, 0.717) is 11.3 Å². The summed E-state index contributed by atoms with van der Waals surface area (Å²) in [5.74, 6) is -4.88. The summed E-state index contributed by atoms with van der Waals surface area (Å²) in [5.41, 5.74) is -0.703. The van der Waals surface area contributed by atoms with Gasteiger partial charge in [-0.3, -0.25) is 9.36 Å². The molecule has 1 unspecified atom stereocenters. The highest BCUT2D eigenvalue weighted by Crippen LogP contribution is 2.34. The standard InChI is InChI=1S/C24H23F2N3O6S3/c1-34-16-10-9-15(18(13-16)35-2)14-29-21(30)19-20(36-23(27-19)37(3)31)28-22(29)24(25,26)11-12-38(32,33)17-7-5-4-6-8-17/h4-10,13H,11-12,14H2,1-3H3. The SMILES string of the molecule is COc1ccc(Cn2c(C(F)(F)CCS(=O)(=O)c3ccccc3)nc3sc([S+](C)[O-])nc3c2=O)c(OC)c1. The molecule has 38 heavy (non-hydrogen) atoms. The molecule has 0 spiro atoms. The topological polar surface area (TPSA) is 123 Å². The van der Waals surface area contributed by atoms with Crippen LogP contribution in [0.3, 0.4) is 0 Å². The van der Waals surface area contributed by atoms with Crippen molar-refractivity contribution in [3.05, 3.63) is 70.3 Å². The summed E-state index contributed by atoms with van der Waals surface area (Å²) in [4.78, 5) is 21.3. The number of aromatic nitrogens is 3. The molecule has 2 heterocycles. The van der Waals surface area contributed by atoms with Crippen molar-refractivity contribution in [3.63, 3.8) is 0 Å². The molecule has 202 valence electrons. The molecule has 2 aromatic carbocycles. The highest BCUT2D eigenvalue weighted by molar-refractivity contribution is 7.92. The Labute approximate surface area is 224 Å². The number of nitrogens with zero attached hydrogens (tertiary/aromatic N) is 3. The quantitative estimate of drug-likeness (QED) is 0.260. The Morgan fingerprint density at radius 1 is 1.11 bits per heavy atom. The van der Waals surface area contributed by atoms with Gasteiger partial charge in [-0.05, 0) is 35.6 Å². The van der Waals surface area contributed by atoms with E-state index in [1.165, 1.54) is 50.8 Å². The molecule has 1 atom stereocenters. The summed E-state index contributed by atoms with van der Waals surface area (Å²) in [6.45, 7) is -0.368. The number of sulfone groups is 1. The van der Waals surface area contributed by atoms with E-state index in [1.807, 2.05) is 0 Å². The van der Waals surface area contributed by atoms with Gasteiger partial charge in [-0.25, -0.2) is 13.4 Å². The maximum Gasteiger partial charge on any atom is 0.306 e. The highest BCUT2D eigenvalue weighted by Gasteiger charge is 2.40. The first kappa shape index (κ1) is 28.0. The Morgan fingerprint density at radius 2 is 1.82 bits per heavy atom. The number of hydrogen-bond acceptors (Lipinski definition) is 9. The van der Waals surface area contributed by atoms with Crippen molar-refractivity contribution in [2.24, 2.45) is 0 Å². The Balaban J connectivity index is 1.82. The molecular weight excluding hydrogens is 560 g/mol. The van der Waals surface area contributed by atoms with Crippen molar-refractivity contribution in [3.8, 4) is 11.5 Å². The Kier molecular flexibility index (Phi) is 8.06. The van der Waals surface area contributed by atoms with Crippen LogP contribution in [0.2, 0.25) is 0 Å². The lowest BCUT2D eigenvalue weighted by atomic mass is 10.1. The average molecular weight is 584 g/mol. The lowest BCUT2D eigenvalue weighted by molar-refractivity contribution is -0.0208. The van der Waals surface area contributed by atoms with Gasteiger partial charge in [0.2, 0.25) is 0 Å². The number of thiazole rings is 1. The number of rotatable bonds is 10. The molecular formula is C24H23F2N3O6S3. The zero-order chi connectivity index (χ0) is 27.7. The molecule has 0 radical (unpaired) electrons. The Morgan fingerprint density at radius 3 is 2.45 bits per heavy atom. The van der Waals surface area contributed by atoms with E-state index < -0.39 is 50.5 Å². The molecule has 4 rings (SSSR count). The van der Waals surface area contributed by atoms with Gasteiger partial charge < -0.3 is 14.0 Å². The van der Waals surface area contributed by atoms with Crippen molar-refractivity contribution in [2.75, 3.05) is 26.2 Å². The second-order valence-electron chi connectivity index (χ2n) is 8.18. The van der Waals surface area contributed by atoms with Crippen LogP contribution in [-0.4, -0.2) is 53.7 Å². The van der Waals surface area contributed by atoms with Crippen LogP contribution in [-0.2, 0) is 33.5 Å². The molecule has 0 saturated carbocycles. The monoisotopic (exact) mass is 583 g/mol. The van der Waals surface area contributed by atoms with Gasteiger partial charge in [0.05, 0.1) is 31.4 Å². The highest BCUT2D eigenvalue weighted by atomic mass is 32.2. The minimum absolute atomic E-state index is 0.0605. The van der Waals surface area contributed by atoms with Gasteiger partial charge in [0.15, 0.2) is 26.0 Å². The van der Waals surface area contributed by atoms with Crippen LogP contribution >= 0.6 is 11.3 Å². The normalized spacial score (nSPS) is 13.0. The number of hydrogen-bond donors (Lipinski definition) is 0. The average Bonchev–Trinajstić information content (AvgIpc) is 3.35. The minimum Gasteiger partial charge on any atom is -0.610 e. The Hall–Kier alpha value is -3.07. The van der Waals surface area contributed by atoms with Crippen LogP contribution < -0.4 is 15.0 Å². The number of halogens is 2. The molecule has 14 heteroatoms. The van der Waals surface area contributed by atoms with Gasteiger partial charge in [-0.15, -0.1) is 0 Å². The van der Waals surface area contributed by atoms with E-state index in [1.54, 1.807) is 18.2 Å². The van der Waals surface area contributed by atoms with Crippen molar-refractivity contribution in [2.45, 2.75) is 28.1 Å². The third-order valence-corrected chi connectivity index (χ3v) is 9.70. The Bertz CT molecular complexity index is 1620. The first-order chi connectivity index (χ1) is 18.0. The molecule has 0 aliphatic heterocycles. The van der Waals surface area contributed by atoms with Crippen molar-refractivity contribution in [1.29, 1.82) is 0 Å². The van der Waals surface area contributed by atoms with Gasteiger partial charge in [0, 0.05) is 29.2 Å². The predicted octanol–water partition coefficient (Wildman–Crippen LogP) is 3.61. The summed E-state index contributed by atoms with van der Waals surface area (Å²) in [6, 6.07) is 12.0. The first-order valence-corrected chi connectivity index (χ1v) is 15.1. The second kappa shape index (κ2) is 11.0. The fourth-order valence-electron chi connectivity index (χ4n) is 3.71. The van der Waals surface area contributed by atoms with Gasteiger partial charge in [-0.1, -0.05) is 18.2 Å². The third kappa shape index (κ3) is 5.67. The number of fused-ring (bicyclic) bond motifs is 1. The van der Waals surface area contributed by atoms with Crippen LogP contribution in [0.5, 0.6) is 11.5 Å². The zero-order valence-electron chi connectivity index (χ0n) is 20.5. The van der Waals surface area contributed by atoms with Gasteiger partial charge in [0.1, 0.15) is 17.8 Å². The van der Waals surface area contributed by atoms with E-state index in [4.69, 9.17) is 9.47 Å². The molecule has 0 saturated heterocycles. The number of ether oxygens (including phenoxy) is 2. The first-order valence-electron chi connectivity index (χ1n) is 11.1. The molecule has 2 aromatic heterocycles. The largest absolute Gasteiger partial charge is 0.610 e. The summed E-state index contributed by atoms with van der Waals surface area (Å²) in [6.07, 6.45) is 0.232. The van der Waals surface area contributed by atoms with E-state index in [9.17, 15) is 17.8 Å². The maximum atomic E-state index is 15.7. The van der Waals surface area contributed by atoms with Crippen LogP contribution in [0, 0.1) is 0 Å². The number of benzene rings is 2. The molecule has 9 nitrogen and oxygen atoms in total. The molecule has 0 amide bonds. The molecule has 0 aliphatic rings. The molecule has 0 aliphatic carbocycles. The van der Waals surface area contributed by atoms with E-state index in [-0.39, 0.29) is 31.9 Å². The van der Waals surface area contributed by atoms with E-state index in [0.717, 1.165) is 15.9 Å². The van der Waals surface area contributed by atoms with Crippen molar-refractivity contribution in [1.82, 2.24) is 14.5 Å². The molecule has 0 N–H and O–H groups in total. The molecule has 0 bridgehead atoms. The molecule has 4 aromatic rings. The summed E-state index contributed by atoms with van der Waals surface area (Å²) < 4.78 is 80.1. The lowest BCUT2D eigenvalue weighted by Gasteiger charge is -2.21. The zero-order valence-corrected chi connectivity index (χ0v) is 23.0.